The molecule has 1 unspecified atom stereocenters. The van der Waals surface area contributed by atoms with Crippen molar-refractivity contribution in [1.29, 1.82) is 0 Å². The van der Waals surface area contributed by atoms with Gasteiger partial charge >= 0.3 is 0 Å². The van der Waals surface area contributed by atoms with Gasteiger partial charge in [0.15, 0.2) is 0 Å². The van der Waals surface area contributed by atoms with E-state index in [0.717, 1.165) is 19.0 Å². The van der Waals surface area contributed by atoms with Crippen molar-refractivity contribution < 1.29 is 0 Å². The average Bonchev–Trinajstić information content (AvgIpc) is 2.77. The van der Waals surface area contributed by atoms with Gasteiger partial charge in [0.25, 0.3) is 0 Å². The molecule has 2 N–H and O–H groups in total. The smallest absolute Gasteiger partial charge is 0.0156 e. The molecule has 2 rings (SSSR count). The van der Waals surface area contributed by atoms with E-state index in [0.29, 0.717) is 0 Å². The molecule has 94 valence electrons. The Hall–Kier alpha value is -0.120. The summed E-state index contributed by atoms with van der Waals surface area (Å²) >= 11 is 0. The Morgan fingerprint density at radius 1 is 1.00 bits per heavy atom. The number of hydrazine groups is 1. The fraction of sp³-hybridized carbons (Fsp3) is 1.00. The summed E-state index contributed by atoms with van der Waals surface area (Å²) in [5, 5.41) is 2.01. The molecule has 1 atom stereocenters. The molecule has 2 saturated heterocycles. The Morgan fingerprint density at radius 3 is 2.56 bits per heavy atom. The van der Waals surface area contributed by atoms with Gasteiger partial charge in [0.05, 0.1) is 0 Å². The highest BCUT2D eigenvalue weighted by Gasteiger charge is 2.17. The summed E-state index contributed by atoms with van der Waals surface area (Å²) in [5.74, 6) is 6.73. The molecule has 0 aliphatic carbocycles. The van der Waals surface area contributed by atoms with Crippen LogP contribution in [0.1, 0.15) is 44.9 Å². The fourth-order valence-corrected chi connectivity index (χ4v) is 3.11. The second kappa shape index (κ2) is 6.58. The standard InChI is InChI=1S/C13H27N3/c14-16-11-5-7-13(12-16)6-1-2-8-15-9-3-4-10-15/h13H,1-12,14H2. The van der Waals surface area contributed by atoms with E-state index in [2.05, 4.69) is 4.90 Å². The first-order valence-corrected chi connectivity index (χ1v) is 7.06. The Labute approximate surface area is 99.9 Å². The van der Waals surface area contributed by atoms with Crippen LogP contribution in [-0.2, 0) is 0 Å². The molecule has 0 amide bonds. The highest BCUT2D eigenvalue weighted by molar-refractivity contribution is 4.70. The lowest BCUT2D eigenvalue weighted by Crippen LogP contribution is -2.40. The lowest BCUT2D eigenvalue weighted by molar-refractivity contribution is 0.168. The Balaban J connectivity index is 1.50. The molecule has 2 aliphatic heterocycles. The van der Waals surface area contributed by atoms with E-state index in [1.807, 2.05) is 5.01 Å². The fourth-order valence-electron chi connectivity index (χ4n) is 3.11. The largest absolute Gasteiger partial charge is 0.303 e. The van der Waals surface area contributed by atoms with Crippen LogP contribution in [-0.4, -0.2) is 42.6 Å². The number of rotatable bonds is 5. The predicted molar refractivity (Wildman–Crippen MR) is 68.0 cm³/mol. The van der Waals surface area contributed by atoms with E-state index >= 15 is 0 Å². The van der Waals surface area contributed by atoms with Crippen molar-refractivity contribution in [3.63, 3.8) is 0 Å². The van der Waals surface area contributed by atoms with E-state index in [4.69, 9.17) is 5.84 Å². The molecule has 2 aliphatic rings. The predicted octanol–water partition coefficient (Wildman–Crippen LogP) is 1.84. The van der Waals surface area contributed by atoms with Crippen molar-refractivity contribution >= 4 is 0 Å². The highest BCUT2D eigenvalue weighted by atomic mass is 15.4. The van der Waals surface area contributed by atoms with Crippen molar-refractivity contribution in [2.24, 2.45) is 11.8 Å². The molecule has 0 bridgehead atoms. The molecule has 0 aromatic rings. The van der Waals surface area contributed by atoms with E-state index in [1.54, 1.807) is 0 Å². The number of piperidine rings is 1. The number of nitrogens with two attached hydrogens (primary N) is 1. The number of hydrogen-bond acceptors (Lipinski definition) is 3. The van der Waals surface area contributed by atoms with Crippen molar-refractivity contribution in [3.8, 4) is 0 Å². The van der Waals surface area contributed by atoms with E-state index < -0.39 is 0 Å². The van der Waals surface area contributed by atoms with Crippen LogP contribution in [0.2, 0.25) is 0 Å². The molecular formula is C13H27N3. The van der Waals surface area contributed by atoms with Gasteiger partial charge in [0.2, 0.25) is 0 Å². The molecule has 0 aromatic carbocycles. The molecule has 0 spiro atoms. The van der Waals surface area contributed by atoms with E-state index in [-0.39, 0.29) is 0 Å². The molecule has 3 nitrogen and oxygen atoms in total. The van der Waals surface area contributed by atoms with Crippen LogP contribution in [0, 0.1) is 5.92 Å². The number of unbranched alkanes of at least 4 members (excludes halogenated alkanes) is 1. The zero-order valence-electron chi connectivity index (χ0n) is 10.5. The maximum atomic E-state index is 5.85. The number of nitrogens with zero attached hydrogens (tertiary/aromatic N) is 2. The van der Waals surface area contributed by atoms with Gasteiger partial charge in [-0.25, -0.2) is 5.01 Å². The van der Waals surface area contributed by atoms with Gasteiger partial charge in [-0.2, -0.15) is 0 Å². The van der Waals surface area contributed by atoms with Crippen LogP contribution < -0.4 is 5.84 Å². The third kappa shape index (κ3) is 4.04. The van der Waals surface area contributed by atoms with Crippen LogP contribution >= 0.6 is 0 Å². The Bertz CT molecular complexity index is 190. The quantitative estimate of drug-likeness (QED) is 0.572. The maximum Gasteiger partial charge on any atom is 0.0156 e. The van der Waals surface area contributed by atoms with E-state index in [9.17, 15) is 0 Å². The Kier molecular flexibility index (Phi) is 5.07. The summed E-state index contributed by atoms with van der Waals surface area (Å²) < 4.78 is 0. The van der Waals surface area contributed by atoms with Crippen molar-refractivity contribution in [2.75, 3.05) is 32.7 Å². The summed E-state index contributed by atoms with van der Waals surface area (Å²) in [6.45, 7) is 6.26. The van der Waals surface area contributed by atoms with Crippen molar-refractivity contribution in [3.05, 3.63) is 0 Å². The van der Waals surface area contributed by atoms with E-state index in [1.165, 1.54) is 64.6 Å². The maximum absolute atomic E-state index is 5.85. The monoisotopic (exact) mass is 225 g/mol. The molecule has 2 fully saturated rings. The van der Waals surface area contributed by atoms with Crippen molar-refractivity contribution in [1.82, 2.24) is 9.91 Å². The summed E-state index contributed by atoms with van der Waals surface area (Å²) in [4.78, 5) is 2.62. The first kappa shape index (κ1) is 12.3. The SMILES string of the molecule is NN1CCCC(CCCCN2CCCC2)C1. The molecule has 0 saturated carbocycles. The molecule has 2 heterocycles. The molecule has 0 radical (unpaired) electrons. The molecule has 0 aromatic heterocycles. The van der Waals surface area contributed by atoms with Crippen LogP contribution in [0.15, 0.2) is 0 Å². The van der Waals surface area contributed by atoms with Crippen LogP contribution in [0.4, 0.5) is 0 Å². The second-order valence-electron chi connectivity index (χ2n) is 5.55. The zero-order valence-corrected chi connectivity index (χ0v) is 10.5. The minimum Gasteiger partial charge on any atom is -0.303 e. The minimum atomic E-state index is 0.873. The van der Waals surface area contributed by atoms with Gasteiger partial charge < -0.3 is 4.90 Å². The highest BCUT2D eigenvalue weighted by Crippen LogP contribution is 2.20. The third-order valence-electron chi connectivity index (χ3n) is 4.09. The summed E-state index contributed by atoms with van der Waals surface area (Å²) in [6, 6.07) is 0. The van der Waals surface area contributed by atoms with Crippen molar-refractivity contribution in [2.45, 2.75) is 44.9 Å². The van der Waals surface area contributed by atoms with Crippen LogP contribution in [0.3, 0.4) is 0 Å². The first-order valence-electron chi connectivity index (χ1n) is 7.06. The summed E-state index contributed by atoms with van der Waals surface area (Å²) in [7, 11) is 0. The third-order valence-corrected chi connectivity index (χ3v) is 4.09. The summed E-state index contributed by atoms with van der Waals surface area (Å²) in [6.07, 6.45) is 9.72. The van der Waals surface area contributed by atoms with Crippen LogP contribution in [0.5, 0.6) is 0 Å². The van der Waals surface area contributed by atoms with Gasteiger partial charge in [0.1, 0.15) is 0 Å². The second-order valence-corrected chi connectivity index (χ2v) is 5.55. The zero-order chi connectivity index (χ0) is 11.2. The lowest BCUT2D eigenvalue weighted by Gasteiger charge is -2.29. The van der Waals surface area contributed by atoms with Gasteiger partial charge in [-0.05, 0) is 64.1 Å². The van der Waals surface area contributed by atoms with Gasteiger partial charge in [-0.3, -0.25) is 5.84 Å². The van der Waals surface area contributed by atoms with Gasteiger partial charge in [-0.15, -0.1) is 0 Å². The minimum absolute atomic E-state index is 0.873. The molecular weight excluding hydrogens is 198 g/mol. The normalized spacial score (nSPS) is 28.7. The topological polar surface area (TPSA) is 32.5 Å². The first-order chi connectivity index (χ1) is 7.84. The van der Waals surface area contributed by atoms with Gasteiger partial charge in [-0.1, -0.05) is 6.42 Å². The lowest BCUT2D eigenvalue weighted by atomic mass is 9.93. The Morgan fingerprint density at radius 2 is 1.81 bits per heavy atom. The summed E-state index contributed by atoms with van der Waals surface area (Å²) in [5.41, 5.74) is 0. The molecule has 3 heteroatoms. The average molecular weight is 225 g/mol. The number of hydrogen-bond donors (Lipinski definition) is 1. The van der Waals surface area contributed by atoms with Crippen LogP contribution in [0.25, 0.3) is 0 Å². The number of likely N-dealkylation sites (tertiary alicyclic amines) is 1. The van der Waals surface area contributed by atoms with Gasteiger partial charge in [0, 0.05) is 13.1 Å². The molecule has 16 heavy (non-hydrogen) atoms.